The number of carbonyl (C=O) groups excluding carboxylic acids is 1. The number of ether oxygens (including phenoxy) is 2. The van der Waals surface area contributed by atoms with E-state index in [1.54, 1.807) is 12.0 Å². The number of fused-ring (bicyclic) bond motifs is 1. The molecule has 0 atom stereocenters. The van der Waals surface area contributed by atoms with E-state index in [1.165, 1.54) is 11.3 Å². The molecule has 6 nitrogen and oxygen atoms in total. The summed E-state index contributed by atoms with van der Waals surface area (Å²) in [5, 5.41) is 0.718. The number of hydrogen-bond donors (Lipinski definition) is 0. The zero-order chi connectivity index (χ0) is 21.3. The second-order valence-corrected chi connectivity index (χ2v) is 7.82. The fraction of sp³-hybridized carbons (Fsp3) is 0.391. The molecular formula is C23H29N3O3S. The van der Waals surface area contributed by atoms with E-state index < -0.39 is 0 Å². The Bertz CT molecular complexity index is 941. The lowest BCUT2D eigenvalue weighted by Gasteiger charge is -2.24. The van der Waals surface area contributed by atoms with Gasteiger partial charge in [0.1, 0.15) is 11.5 Å². The standard InChI is InChI=1S/C23H29N3O3S/c1-4-25(5-2)14-15-26(22(27)13-16-29-18-9-7-6-8-10-18)23-24-20-17-19(28-3)11-12-21(20)30-23/h6-12,17H,4-5,13-16H2,1-3H3. The fourth-order valence-corrected chi connectivity index (χ4v) is 4.14. The van der Waals surface area contributed by atoms with E-state index in [2.05, 4.69) is 18.7 Å². The predicted molar refractivity (Wildman–Crippen MR) is 123 cm³/mol. The van der Waals surface area contributed by atoms with E-state index in [9.17, 15) is 4.79 Å². The maximum atomic E-state index is 13.1. The van der Waals surface area contributed by atoms with Crippen molar-refractivity contribution in [3.8, 4) is 11.5 Å². The molecule has 0 unspecified atom stereocenters. The number of anilines is 1. The first-order chi connectivity index (χ1) is 14.6. The van der Waals surface area contributed by atoms with E-state index in [1.807, 2.05) is 48.5 Å². The average molecular weight is 428 g/mol. The van der Waals surface area contributed by atoms with Crippen LogP contribution in [0.1, 0.15) is 20.3 Å². The maximum absolute atomic E-state index is 13.1. The van der Waals surface area contributed by atoms with Crippen LogP contribution in [-0.2, 0) is 4.79 Å². The summed E-state index contributed by atoms with van der Waals surface area (Å²) in [7, 11) is 1.64. The molecule has 2 aromatic carbocycles. The normalized spacial score (nSPS) is 11.1. The van der Waals surface area contributed by atoms with E-state index in [-0.39, 0.29) is 5.91 Å². The van der Waals surface area contributed by atoms with E-state index >= 15 is 0 Å². The molecule has 1 heterocycles. The Labute approximate surface area is 182 Å². The van der Waals surface area contributed by atoms with Crippen LogP contribution in [-0.4, -0.2) is 55.7 Å². The molecule has 0 N–H and O–H groups in total. The Hall–Kier alpha value is -2.64. The molecule has 0 fully saturated rings. The molecule has 0 spiro atoms. The second-order valence-electron chi connectivity index (χ2n) is 6.81. The molecule has 0 aliphatic heterocycles. The third kappa shape index (κ3) is 5.70. The molecule has 0 aliphatic rings. The van der Waals surface area contributed by atoms with Crippen LogP contribution < -0.4 is 14.4 Å². The van der Waals surface area contributed by atoms with Gasteiger partial charge in [0.2, 0.25) is 5.91 Å². The van der Waals surface area contributed by atoms with Gasteiger partial charge in [0.15, 0.2) is 5.13 Å². The molecule has 0 radical (unpaired) electrons. The highest BCUT2D eigenvalue weighted by atomic mass is 32.1. The van der Waals surface area contributed by atoms with Gasteiger partial charge < -0.3 is 14.4 Å². The largest absolute Gasteiger partial charge is 0.497 e. The minimum Gasteiger partial charge on any atom is -0.497 e. The quantitative estimate of drug-likeness (QED) is 0.453. The van der Waals surface area contributed by atoms with Crippen LogP contribution in [0.15, 0.2) is 48.5 Å². The van der Waals surface area contributed by atoms with Gasteiger partial charge in [0.05, 0.1) is 30.4 Å². The molecule has 30 heavy (non-hydrogen) atoms. The first kappa shape index (κ1) is 22.1. The number of amides is 1. The number of aromatic nitrogens is 1. The Balaban J connectivity index is 1.74. The molecule has 3 rings (SSSR count). The zero-order valence-corrected chi connectivity index (χ0v) is 18.7. The van der Waals surface area contributed by atoms with Crippen molar-refractivity contribution in [3.63, 3.8) is 0 Å². The minimum absolute atomic E-state index is 0.0177. The van der Waals surface area contributed by atoms with Gasteiger partial charge in [-0.3, -0.25) is 9.69 Å². The molecule has 0 saturated carbocycles. The van der Waals surface area contributed by atoms with Crippen molar-refractivity contribution in [1.82, 2.24) is 9.88 Å². The van der Waals surface area contributed by atoms with Gasteiger partial charge in [-0.2, -0.15) is 0 Å². The molecule has 3 aromatic rings. The van der Waals surface area contributed by atoms with Crippen molar-refractivity contribution < 1.29 is 14.3 Å². The number of carbonyl (C=O) groups is 1. The molecule has 0 aliphatic carbocycles. The Kier molecular flexibility index (Phi) is 8.04. The van der Waals surface area contributed by atoms with Crippen LogP contribution in [0.2, 0.25) is 0 Å². The Morgan fingerprint density at radius 2 is 1.80 bits per heavy atom. The van der Waals surface area contributed by atoms with Crippen LogP contribution in [0.3, 0.4) is 0 Å². The van der Waals surface area contributed by atoms with Gasteiger partial charge in [-0.05, 0) is 37.4 Å². The SMILES string of the molecule is CCN(CC)CCN(C(=O)CCOc1ccccc1)c1nc2cc(OC)ccc2s1. The summed E-state index contributed by atoms with van der Waals surface area (Å²) >= 11 is 1.53. The molecule has 0 saturated heterocycles. The highest BCUT2D eigenvalue weighted by Gasteiger charge is 2.20. The second kappa shape index (κ2) is 10.9. The van der Waals surface area contributed by atoms with Gasteiger partial charge in [-0.1, -0.05) is 43.4 Å². The topological polar surface area (TPSA) is 54.9 Å². The van der Waals surface area contributed by atoms with Gasteiger partial charge in [0, 0.05) is 19.2 Å². The van der Waals surface area contributed by atoms with Gasteiger partial charge in [-0.15, -0.1) is 0 Å². The molecule has 160 valence electrons. The van der Waals surface area contributed by atoms with Crippen LogP contribution in [0.4, 0.5) is 5.13 Å². The Morgan fingerprint density at radius 3 is 2.50 bits per heavy atom. The predicted octanol–water partition coefficient (Wildman–Crippen LogP) is 4.45. The van der Waals surface area contributed by atoms with E-state index in [0.29, 0.717) is 19.6 Å². The van der Waals surface area contributed by atoms with Crippen LogP contribution >= 0.6 is 11.3 Å². The van der Waals surface area contributed by atoms with Crippen LogP contribution in [0.25, 0.3) is 10.2 Å². The monoisotopic (exact) mass is 427 g/mol. The number of thiazole rings is 1. The highest BCUT2D eigenvalue weighted by molar-refractivity contribution is 7.22. The van der Waals surface area contributed by atoms with Crippen LogP contribution in [0.5, 0.6) is 11.5 Å². The lowest BCUT2D eigenvalue weighted by atomic mass is 10.3. The summed E-state index contributed by atoms with van der Waals surface area (Å²) in [4.78, 5) is 21.9. The zero-order valence-electron chi connectivity index (χ0n) is 17.8. The third-order valence-electron chi connectivity index (χ3n) is 4.98. The van der Waals surface area contributed by atoms with Crippen molar-refractivity contribution in [3.05, 3.63) is 48.5 Å². The fourth-order valence-electron chi connectivity index (χ4n) is 3.15. The van der Waals surface area contributed by atoms with E-state index in [4.69, 9.17) is 14.5 Å². The van der Waals surface area contributed by atoms with Gasteiger partial charge >= 0.3 is 0 Å². The molecular weight excluding hydrogens is 398 g/mol. The van der Waals surface area contributed by atoms with Gasteiger partial charge in [0.25, 0.3) is 0 Å². The summed E-state index contributed by atoms with van der Waals surface area (Å²) in [5.74, 6) is 1.55. The maximum Gasteiger partial charge on any atom is 0.232 e. The summed E-state index contributed by atoms with van der Waals surface area (Å²) in [6.45, 7) is 7.91. The van der Waals surface area contributed by atoms with E-state index in [0.717, 1.165) is 46.5 Å². The lowest BCUT2D eigenvalue weighted by Crippen LogP contribution is -2.39. The average Bonchev–Trinajstić information content (AvgIpc) is 3.20. The summed E-state index contributed by atoms with van der Waals surface area (Å²) < 4.78 is 12.1. The van der Waals surface area contributed by atoms with Crippen molar-refractivity contribution >= 4 is 32.6 Å². The first-order valence-corrected chi connectivity index (χ1v) is 11.1. The summed E-state index contributed by atoms with van der Waals surface area (Å²) in [6, 6.07) is 15.4. The number of benzene rings is 2. The molecule has 1 amide bonds. The van der Waals surface area contributed by atoms with Crippen molar-refractivity contribution in [2.45, 2.75) is 20.3 Å². The smallest absolute Gasteiger partial charge is 0.232 e. The minimum atomic E-state index is 0.0177. The number of para-hydroxylation sites is 1. The number of likely N-dealkylation sites (N-methyl/N-ethyl adjacent to an activating group) is 1. The van der Waals surface area contributed by atoms with Crippen molar-refractivity contribution in [1.29, 1.82) is 0 Å². The number of rotatable bonds is 11. The number of methoxy groups -OCH3 is 1. The Morgan fingerprint density at radius 1 is 1.03 bits per heavy atom. The number of hydrogen-bond acceptors (Lipinski definition) is 6. The summed E-state index contributed by atoms with van der Waals surface area (Å²) in [5.41, 5.74) is 0.843. The number of nitrogens with zero attached hydrogens (tertiary/aromatic N) is 3. The van der Waals surface area contributed by atoms with Gasteiger partial charge in [-0.25, -0.2) is 4.98 Å². The molecule has 0 bridgehead atoms. The molecule has 7 heteroatoms. The molecule has 1 aromatic heterocycles. The third-order valence-corrected chi connectivity index (χ3v) is 6.04. The van der Waals surface area contributed by atoms with Crippen LogP contribution in [0, 0.1) is 0 Å². The van der Waals surface area contributed by atoms with Crippen molar-refractivity contribution in [2.75, 3.05) is 44.8 Å². The summed E-state index contributed by atoms with van der Waals surface area (Å²) in [6.07, 6.45) is 0.298. The highest BCUT2D eigenvalue weighted by Crippen LogP contribution is 2.31. The van der Waals surface area contributed by atoms with Crippen molar-refractivity contribution in [2.24, 2.45) is 0 Å². The first-order valence-electron chi connectivity index (χ1n) is 10.3. The lowest BCUT2D eigenvalue weighted by molar-refractivity contribution is -0.119.